The van der Waals surface area contributed by atoms with Crippen LogP contribution in [0.3, 0.4) is 0 Å². The van der Waals surface area contributed by atoms with Crippen molar-refractivity contribution in [3.8, 4) is 0 Å². The maximum Gasteiger partial charge on any atom is 0.414 e. The predicted octanol–water partition coefficient (Wildman–Crippen LogP) is 2.49. The number of anilines is 3. The van der Waals surface area contributed by atoms with Crippen molar-refractivity contribution in [2.75, 3.05) is 61.6 Å². The highest BCUT2D eigenvalue weighted by Crippen LogP contribution is 2.31. The van der Waals surface area contributed by atoms with Gasteiger partial charge in [0.1, 0.15) is 11.8 Å². The maximum atomic E-state index is 15.1. The Morgan fingerprint density at radius 1 is 1.28 bits per heavy atom. The van der Waals surface area contributed by atoms with Gasteiger partial charge in [-0.05, 0) is 24.4 Å². The number of urea groups is 1. The largest absolute Gasteiger partial charge is 0.474 e. The lowest BCUT2D eigenvalue weighted by molar-refractivity contribution is -0.100. The van der Waals surface area contributed by atoms with Crippen molar-refractivity contribution in [1.82, 2.24) is 15.4 Å². The number of ether oxygens (including phenoxy) is 2. The number of hydrogen-bond donors (Lipinski definition) is 2. The summed E-state index contributed by atoms with van der Waals surface area (Å²) in [5, 5.41) is 6.66. The van der Waals surface area contributed by atoms with E-state index in [9.17, 15) is 9.59 Å². The molecule has 0 radical (unpaired) electrons. The Morgan fingerprint density at radius 2 is 2.06 bits per heavy atom. The molecular weight excluding hydrogens is 498 g/mol. The molecule has 0 bridgehead atoms. The first kappa shape index (κ1) is 25.3. The van der Waals surface area contributed by atoms with E-state index in [0.717, 1.165) is 22.1 Å². The van der Waals surface area contributed by atoms with E-state index in [-0.39, 0.29) is 55.9 Å². The Hall–Kier alpha value is -3.78. The van der Waals surface area contributed by atoms with E-state index in [0.29, 0.717) is 5.69 Å². The minimum absolute atomic E-state index is 0.0254. The Balaban J connectivity index is 1.40. The monoisotopic (exact) mass is 522 g/mol. The molecule has 2 fully saturated rings. The second kappa shape index (κ2) is 11.3. The van der Waals surface area contributed by atoms with E-state index >= 15 is 8.78 Å². The summed E-state index contributed by atoms with van der Waals surface area (Å²) in [6, 6.07) is 4.97. The quantitative estimate of drug-likeness (QED) is 0.573. The fourth-order valence-corrected chi connectivity index (χ4v) is 3.86. The van der Waals surface area contributed by atoms with Gasteiger partial charge in [-0.3, -0.25) is 14.7 Å². The molecule has 1 atom stereocenters. The lowest BCUT2D eigenvalue weighted by Gasteiger charge is -2.24. The number of nitrogens with zero attached hydrogens (tertiary/aromatic N) is 4. The molecule has 0 unspecified atom stereocenters. The molecule has 1 aromatic heterocycles. The topological polar surface area (TPSA) is 109 Å². The van der Waals surface area contributed by atoms with Crippen LogP contribution in [0.4, 0.5) is 35.4 Å². The summed E-state index contributed by atoms with van der Waals surface area (Å²) in [7, 11) is 1.40. The van der Waals surface area contributed by atoms with Crippen LogP contribution < -0.4 is 20.4 Å². The molecule has 2 saturated heterocycles. The standard InChI is InChI=1S/C22H24F2N6O5S/c1-33-21(36)26-12-16-13-29(22(32)35-16)15-9-17(23)19(18(24)10-15)28-5-6-30(34-8-7-28)20(31)27-14-3-2-4-25-11-14/h2-4,9-11,16H,5-8,12-13H2,1H3,(H,26,36)(H,27,31)/t16-/m0/s1. The summed E-state index contributed by atoms with van der Waals surface area (Å²) in [4.78, 5) is 36.7. The van der Waals surface area contributed by atoms with E-state index in [2.05, 4.69) is 15.6 Å². The van der Waals surface area contributed by atoms with Gasteiger partial charge in [0.25, 0.3) is 5.17 Å². The number of aromatic nitrogens is 1. The SMILES string of the molecule is COC(=S)NC[C@H]1CN(c2cc(F)c(N3CCON(C(=O)Nc4cccnc4)CC3)c(F)c2)C(=O)O1. The summed E-state index contributed by atoms with van der Waals surface area (Å²) in [6.07, 6.45) is 1.75. The van der Waals surface area contributed by atoms with E-state index in [1.807, 2.05) is 0 Å². The van der Waals surface area contributed by atoms with Gasteiger partial charge in [0.05, 0.1) is 50.9 Å². The van der Waals surface area contributed by atoms with E-state index in [1.165, 1.54) is 18.2 Å². The molecule has 0 saturated carbocycles. The maximum absolute atomic E-state index is 15.1. The number of pyridine rings is 1. The molecule has 3 amide bonds. The summed E-state index contributed by atoms with van der Waals surface area (Å²) < 4.78 is 40.3. The van der Waals surface area contributed by atoms with Crippen molar-refractivity contribution in [3.63, 3.8) is 0 Å². The first-order chi connectivity index (χ1) is 17.4. The van der Waals surface area contributed by atoms with Crippen molar-refractivity contribution in [3.05, 3.63) is 48.3 Å². The van der Waals surface area contributed by atoms with Crippen LogP contribution in [-0.4, -0.2) is 79.9 Å². The first-order valence-electron chi connectivity index (χ1n) is 11.0. The summed E-state index contributed by atoms with van der Waals surface area (Å²) in [5.74, 6) is -1.71. The van der Waals surface area contributed by atoms with Crippen LogP contribution in [0.2, 0.25) is 0 Å². The van der Waals surface area contributed by atoms with Crippen LogP contribution in [0, 0.1) is 11.6 Å². The highest BCUT2D eigenvalue weighted by Gasteiger charge is 2.34. The molecule has 11 nitrogen and oxygen atoms in total. The third-order valence-corrected chi connectivity index (χ3v) is 5.79. The molecule has 2 aromatic rings. The average molecular weight is 523 g/mol. The van der Waals surface area contributed by atoms with Crippen LogP contribution in [-0.2, 0) is 14.3 Å². The minimum Gasteiger partial charge on any atom is -0.474 e. The van der Waals surface area contributed by atoms with Gasteiger partial charge in [0.15, 0.2) is 11.6 Å². The smallest absolute Gasteiger partial charge is 0.414 e. The van der Waals surface area contributed by atoms with Crippen LogP contribution in [0.1, 0.15) is 0 Å². The van der Waals surface area contributed by atoms with Crippen LogP contribution in [0.25, 0.3) is 0 Å². The van der Waals surface area contributed by atoms with Crippen molar-refractivity contribution in [2.24, 2.45) is 0 Å². The Labute approximate surface area is 210 Å². The van der Waals surface area contributed by atoms with Crippen LogP contribution in [0.15, 0.2) is 36.7 Å². The number of halogens is 2. The number of rotatable bonds is 5. The molecule has 36 heavy (non-hydrogen) atoms. The molecular formula is C22H24F2N6O5S. The number of hydroxylamine groups is 2. The second-order valence-electron chi connectivity index (χ2n) is 7.84. The zero-order valence-electron chi connectivity index (χ0n) is 19.3. The molecule has 1 aromatic carbocycles. The van der Waals surface area contributed by atoms with Gasteiger partial charge in [-0.1, -0.05) is 0 Å². The van der Waals surface area contributed by atoms with E-state index < -0.39 is 29.9 Å². The first-order valence-corrected chi connectivity index (χ1v) is 11.4. The number of methoxy groups -OCH3 is 1. The van der Waals surface area contributed by atoms with Crippen LogP contribution in [0.5, 0.6) is 0 Å². The molecule has 2 N–H and O–H groups in total. The number of nitrogens with one attached hydrogen (secondary N) is 2. The molecule has 2 aliphatic rings. The molecule has 2 aliphatic heterocycles. The van der Waals surface area contributed by atoms with Crippen LogP contribution >= 0.6 is 12.2 Å². The van der Waals surface area contributed by atoms with Gasteiger partial charge in [-0.15, -0.1) is 0 Å². The number of hydrogen-bond acceptors (Lipinski definition) is 8. The molecule has 4 rings (SSSR count). The highest BCUT2D eigenvalue weighted by molar-refractivity contribution is 7.80. The number of benzene rings is 1. The Kier molecular flexibility index (Phi) is 7.95. The Bertz CT molecular complexity index is 1100. The molecule has 0 aliphatic carbocycles. The summed E-state index contributed by atoms with van der Waals surface area (Å²) >= 11 is 4.89. The van der Waals surface area contributed by atoms with E-state index in [4.69, 9.17) is 26.5 Å². The van der Waals surface area contributed by atoms with Crippen molar-refractivity contribution in [1.29, 1.82) is 0 Å². The lowest BCUT2D eigenvalue weighted by atomic mass is 10.2. The molecule has 3 heterocycles. The third kappa shape index (κ3) is 5.88. The van der Waals surface area contributed by atoms with Gasteiger partial charge >= 0.3 is 12.1 Å². The van der Waals surface area contributed by atoms with Gasteiger partial charge in [0, 0.05) is 31.4 Å². The predicted molar refractivity (Wildman–Crippen MR) is 130 cm³/mol. The zero-order valence-corrected chi connectivity index (χ0v) is 20.1. The highest BCUT2D eigenvalue weighted by atomic mass is 32.1. The number of carbonyl (C=O) groups excluding carboxylic acids is 2. The second-order valence-corrected chi connectivity index (χ2v) is 8.21. The third-order valence-electron chi connectivity index (χ3n) is 5.48. The fourth-order valence-electron chi connectivity index (χ4n) is 3.77. The summed E-state index contributed by atoms with van der Waals surface area (Å²) in [6.45, 7) is 0.613. The number of amides is 3. The number of thiocarbonyl (C=S) groups is 1. The van der Waals surface area contributed by atoms with E-state index in [1.54, 1.807) is 18.3 Å². The molecule has 0 spiro atoms. The van der Waals surface area contributed by atoms with Crippen molar-refractivity contribution >= 4 is 46.6 Å². The molecule has 192 valence electrons. The number of cyclic esters (lactones) is 1. The minimum atomic E-state index is -0.854. The van der Waals surface area contributed by atoms with Crippen molar-refractivity contribution in [2.45, 2.75) is 6.10 Å². The van der Waals surface area contributed by atoms with Gasteiger partial charge in [-0.25, -0.2) is 23.4 Å². The fraction of sp³-hybridized carbons (Fsp3) is 0.364. The molecule has 14 heteroatoms. The normalized spacial score (nSPS) is 17.9. The lowest BCUT2D eigenvalue weighted by Crippen LogP contribution is -2.37. The number of carbonyl (C=O) groups is 2. The van der Waals surface area contributed by atoms with Gasteiger partial charge < -0.3 is 25.0 Å². The van der Waals surface area contributed by atoms with Crippen molar-refractivity contribution < 1.29 is 32.7 Å². The average Bonchev–Trinajstić information content (AvgIpc) is 3.07. The van der Waals surface area contributed by atoms with Gasteiger partial charge in [-0.2, -0.15) is 0 Å². The Morgan fingerprint density at radius 3 is 2.75 bits per heavy atom. The summed E-state index contributed by atoms with van der Waals surface area (Å²) in [5.41, 5.74) is 0.243. The zero-order chi connectivity index (χ0) is 25.7. The van der Waals surface area contributed by atoms with Gasteiger partial charge in [0.2, 0.25) is 0 Å².